The fraction of sp³-hybridized carbons (Fsp3) is 0.389. The van der Waals surface area contributed by atoms with E-state index in [1.54, 1.807) is 18.2 Å². The number of fused-ring (bicyclic) bond motifs is 1. The van der Waals surface area contributed by atoms with Crippen molar-refractivity contribution in [3.8, 4) is 0 Å². The molecule has 8 heteroatoms. The first-order valence-corrected chi connectivity index (χ1v) is 9.66. The number of likely N-dealkylation sites (N-methyl/N-ethyl adjacent to an activating group) is 1. The molecule has 2 fully saturated rings. The molecule has 2 aliphatic rings. The largest absolute Gasteiger partial charge is 0.404 e. The van der Waals surface area contributed by atoms with E-state index in [0.29, 0.717) is 33.3 Å². The molecule has 0 aliphatic carbocycles. The molecular weight excluding hydrogens is 368 g/mol. The number of rotatable bonds is 3. The lowest BCUT2D eigenvalue weighted by Crippen LogP contribution is -2.34. The van der Waals surface area contributed by atoms with Gasteiger partial charge in [-0.3, -0.25) is 10.8 Å². The summed E-state index contributed by atoms with van der Waals surface area (Å²) in [5.41, 5.74) is 7.40. The van der Waals surface area contributed by atoms with E-state index < -0.39 is 0 Å². The van der Waals surface area contributed by atoms with Crippen molar-refractivity contribution in [3.63, 3.8) is 0 Å². The minimum Gasteiger partial charge on any atom is -0.404 e. The Kier molecular flexibility index (Phi) is 5.70. The molecule has 0 saturated carbocycles. The Labute approximate surface area is 162 Å². The number of nitrogens with two attached hydrogens (primary N) is 1. The lowest BCUT2D eigenvalue weighted by molar-refractivity contribution is 0.296. The predicted molar refractivity (Wildman–Crippen MR) is 111 cm³/mol. The van der Waals surface area contributed by atoms with Crippen molar-refractivity contribution in [3.05, 3.63) is 40.5 Å². The van der Waals surface area contributed by atoms with Crippen LogP contribution in [0.4, 0.5) is 0 Å². The van der Waals surface area contributed by atoms with Crippen molar-refractivity contribution in [2.75, 3.05) is 26.7 Å². The summed E-state index contributed by atoms with van der Waals surface area (Å²) in [6.07, 6.45) is 3.71. The number of hydrogen-bond acceptors (Lipinski definition) is 6. The van der Waals surface area contributed by atoms with Crippen LogP contribution in [-0.2, 0) is 0 Å². The summed E-state index contributed by atoms with van der Waals surface area (Å²) < 4.78 is 0. The van der Waals surface area contributed by atoms with Gasteiger partial charge in [0.1, 0.15) is 5.04 Å². The van der Waals surface area contributed by atoms with Crippen molar-refractivity contribution < 1.29 is 0 Å². The molecule has 0 bridgehead atoms. The van der Waals surface area contributed by atoms with Gasteiger partial charge in [-0.15, -0.1) is 0 Å². The highest BCUT2D eigenvalue weighted by Crippen LogP contribution is 2.32. The standard InChI is InChI=1S/C18H23ClN6S/c1-24-5-4-12-9-25(10-16(12)24)18(23)26-17(22)14-3-2-11(6-15(14)19)13(7-20)8-21/h2-3,6-8,12,16,20,22-23H,4-5,9-10,21H2,1H3/b13-8+,20-7?,22-17?,23-18?. The third-order valence-corrected chi connectivity index (χ3v) is 6.38. The van der Waals surface area contributed by atoms with E-state index in [-0.39, 0.29) is 5.04 Å². The van der Waals surface area contributed by atoms with E-state index in [1.807, 2.05) is 0 Å². The quantitative estimate of drug-likeness (QED) is 0.470. The van der Waals surface area contributed by atoms with E-state index in [4.69, 9.17) is 33.6 Å². The lowest BCUT2D eigenvalue weighted by Gasteiger charge is -2.22. The Hall–Kier alpha value is -1.83. The van der Waals surface area contributed by atoms with Crippen molar-refractivity contribution in [2.45, 2.75) is 12.5 Å². The van der Waals surface area contributed by atoms with Crippen molar-refractivity contribution >= 4 is 45.4 Å². The van der Waals surface area contributed by atoms with Crippen LogP contribution in [-0.4, -0.2) is 58.9 Å². The minimum absolute atomic E-state index is 0.255. The number of amidine groups is 1. The first-order valence-electron chi connectivity index (χ1n) is 8.47. The second kappa shape index (κ2) is 7.82. The molecule has 2 atom stereocenters. The summed E-state index contributed by atoms with van der Waals surface area (Å²) in [5.74, 6) is 0.626. The highest BCUT2D eigenvalue weighted by Gasteiger charge is 2.40. The highest BCUT2D eigenvalue weighted by atomic mass is 35.5. The van der Waals surface area contributed by atoms with E-state index in [9.17, 15) is 0 Å². The summed E-state index contributed by atoms with van der Waals surface area (Å²) in [5, 5.41) is 25.2. The molecule has 0 amide bonds. The average Bonchev–Trinajstić information content (AvgIpc) is 3.18. The summed E-state index contributed by atoms with van der Waals surface area (Å²) in [6, 6.07) is 5.77. The molecule has 26 heavy (non-hydrogen) atoms. The first-order chi connectivity index (χ1) is 12.4. The number of nitrogens with one attached hydrogen (secondary N) is 3. The fourth-order valence-corrected chi connectivity index (χ4v) is 4.75. The van der Waals surface area contributed by atoms with Gasteiger partial charge in [-0.2, -0.15) is 0 Å². The molecule has 0 spiro atoms. The van der Waals surface area contributed by atoms with E-state index in [2.05, 4.69) is 16.8 Å². The van der Waals surface area contributed by atoms with Crippen LogP contribution in [0.1, 0.15) is 17.5 Å². The van der Waals surface area contributed by atoms with Crippen LogP contribution >= 0.6 is 23.4 Å². The van der Waals surface area contributed by atoms with Gasteiger partial charge in [-0.05, 0) is 49.3 Å². The van der Waals surface area contributed by atoms with Crippen LogP contribution in [0.25, 0.3) is 5.57 Å². The fourth-order valence-electron chi connectivity index (χ4n) is 3.66. The molecular formula is C18H23ClN6S. The molecule has 6 nitrogen and oxygen atoms in total. The Morgan fingerprint density at radius 2 is 2.12 bits per heavy atom. The summed E-state index contributed by atoms with van der Waals surface area (Å²) in [7, 11) is 2.15. The molecule has 2 heterocycles. The zero-order chi connectivity index (χ0) is 18.8. The maximum atomic E-state index is 8.38. The third kappa shape index (κ3) is 3.65. The first kappa shape index (κ1) is 18.9. The van der Waals surface area contributed by atoms with Gasteiger partial charge in [0.15, 0.2) is 5.17 Å². The molecule has 2 unspecified atom stereocenters. The summed E-state index contributed by atoms with van der Waals surface area (Å²) >= 11 is 7.47. The van der Waals surface area contributed by atoms with Gasteiger partial charge in [-0.1, -0.05) is 23.7 Å². The zero-order valence-electron chi connectivity index (χ0n) is 14.6. The topological polar surface area (TPSA) is 104 Å². The lowest BCUT2D eigenvalue weighted by atomic mass is 10.1. The summed E-state index contributed by atoms with van der Waals surface area (Å²) in [6.45, 7) is 2.89. The number of hydrogen-bond donors (Lipinski definition) is 4. The molecule has 0 aromatic heterocycles. The van der Waals surface area contributed by atoms with Crippen LogP contribution in [0.15, 0.2) is 24.4 Å². The maximum Gasteiger partial charge on any atom is 0.162 e. The number of benzene rings is 1. The van der Waals surface area contributed by atoms with E-state index in [0.717, 1.165) is 37.0 Å². The molecule has 5 N–H and O–H groups in total. The predicted octanol–water partition coefficient (Wildman–Crippen LogP) is 2.92. The molecule has 138 valence electrons. The van der Waals surface area contributed by atoms with Gasteiger partial charge in [0.05, 0.1) is 5.02 Å². The van der Waals surface area contributed by atoms with Crippen molar-refractivity contribution in [1.82, 2.24) is 9.80 Å². The van der Waals surface area contributed by atoms with Crippen LogP contribution < -0.4 is 5.73 Å². The van der Waals surface area contributed by atoms with Crippen LogP contribution in [0.2, 0.25) is 5.02 Å². The Bertz CT molecular complexity index is 777. The molecule has 2 aliphatic heterocycles. The molecule has 3 rings (SSSR count). The van der Waals surface area contributed by atoms with Crippen molar-refractivity contribution in [1.29, 1.82) is 16.2 Å². The van der Waals surface area contributed by atoms with Crippen LogP contribution in [0.5, 0.6) is 0 Å². The van der Waals surface area contributed by atoms with Gasteiger partial charge in [0.25, 0.3) is 0 Å². The Morgan fingerprint density at radius 1 is 1.35 bits per heavy atom. The average molecular weight is 391 g/mol. The molecule has 0 radical (unpaired) electrons. The van der Waals surface area contributed by atoms with Gasteiger partial charge >= 0.3 is 0 Å². The SMILES string of the molecule is CN1CCC2CN(C(=N)SC(=N)c3ccc(/C(C=N)=C/N)cc3Cl)CC21. The number of thioether (sulfide) groups is 1. The van der Waals surface area contributed by atoms with Gasteiger partial charge < -0.3 is 20.9 Å². The number of halogens is 1. The second-order valence-electron chi connectivity index (χ2n) is 6.70. The molecule has 1 aromatic rings. The third-order valence-electron chi connectivity index (χ3n) is 5.19. The molecule has 1 aromatic carbocycles. The maximum absolute atomic E-state index is 8.38. The number of nitrogens with zero attached hydrogens (tertiary/aromatic N) is 2. The summed E-state index contributed by atoms with van der Waals surface area (Å²) in [4.78, 5) is 4.44. The minimum atomic E-state index is 0.255. The number of likely N-dealkylation sites (tertiary alicyclic amines) is 2. The monoisotopic (exact) mass is 390 g/mol. The van der Waals surface area contributed by atoms with Crippen molar-refractivity contribution in [2.24, 2.45) is 11.7 Å². The highest BCUT2D eigenvalue weighted by molar-refractivity contribution is 8.26. The van der Waals surface area contributed by atoms with Crippen LogP contribution in [0.3, 0.4) is 0 Å². The van der Waals surface area contributed by atoms with Gasteiger partial charge in [0.2, 0.25) is 0 Å². The van der Waals surface area contributed by atoms with Crippen LogP contribution in [0, 0.1) is 22.1 Å². The Morgan fingerprint density at radius 3 is 2.73 bits per heavy atom. The van der Waals surface area contributed by atoms with Gasteiger partial charge in [0, 0.05) is 42.7 Å². The van der Waals surface area contributed by atoms with E-state index >= 15 is 0 Å². The number of allylic oxidation sites excluding steroid dienone is 1. The zero-order valence-corrected chi connectivity index (χ0v) is 16.2. The smallest absolute Gasteiger partial charge is 0.162 e. The Balaban J connectivity index is 1.67. The second-order valence-corrected chi connectivity index (χ2v) is 8.11. The van der Waals surface area contributed by atoms with Gasteiger partial charge in [-0.25, -0.2) is 0 Å². The van der Waals surface area contributed by atoms with E-state index in [1.165, 1.54) is 18.8 Å². The normalized spacial score (nSPS) is 23.2. The molecule has 2 saturated heterocycles.